The van der Waals surface area contributed by atoms with Crippen LogP contribution in [0.15, 0.2) is 35.9 Å². The van der Waals surface area contributed by atoms with Gasteiger partial charge in [0.25, 0.3) is 0 Å². The first-order valence-corrected chi connectivity index (χ1v) is 9.85. The van der Waals surface area contributed by atoms with E-state index in [0.29, 0.717) is 11.8 Å². The highest BCUT2D eigenvalue weighted by molar-refractivity contribution is 6.25. The molecule has 0 atom stereocenters. The van der Waals surface area contributed by atoms with Crippen molar-refractivity contribution < 1.29 is 13.2 Å². The normalized spacial score (nSPS) is 31.4. The Morgan fingerprint density at radius 1 is 0.800 bits per heavy atom. The van der Waals surface area contributed by atoms with Crippen LogP contribution in [0, 0.1) is 17.8 Å². The summed E-state index contributed by atoms with van der Waals surface area (Å²) in [5.74, 6) is 2.70. The summed E-state index contributed by atoms with van der Waals surface area (Å²) in [6, 6.07) is 5.81. The monoisotopic (exact) mass is 370 g/mol. The van der Waals surface area contributed by atoms with Gasteiger partial charge >= 0.3 is 6.18 Å². The van der Waals surface area contributed by atoms with Gasteiger partial charge in [0, 0.05) is 5.54 Å². The van der Waals surface area contributed by atoms with Crippen LogP contribution in [0.3, 0.4) is 0 Å². The van der Waals surface area contributed by atoms with Crippen LogP contribution in [-0.2, 0) is 6.18 Å². The average molecular weight is 371 g/mol. The fourth-order valence-corrected chi connectivity index (χ4v) is 4.99. The maximum atomic E-state index is 12.7. The van der Waals surface area contributed by atoms with Crippen molar-refractivity contribution in [2.45, 2.75) is 63.5 Å². The molecule has 2 saturated carbocycles. The van der Waals surface area contributed by atoms with Gasteiger partial charge in [-0.1, -0.05) is 29.8 Å². The molecule has 25 heavy (non-hydrogen) atoms. The quantitative estimate of drug-likeness (QED) is 0.515. The maximum absolute atomic E-state index is 12.7. The summed E-state index contributed by atoms with van der Waals surface area (Å²) in [5.41, 5.74) is 2.18. The molecule has 4 heteroatoms. The molecule has 0 aromatic heterocycles. The first kappa shape index (κ1) is 18.8. The van der Waals surface area contributed by atoms with E-state index >= 15 is 0 Å². The van der Waals surface area contributed by atoms with Gasteiger partial charge in [-0.25, -0.2) is 0 Å². The summed E-state index contributed by atoms with van der Waals surface area (Å²) in [5, 5.41) is 0. The Hall–Kier alpha value is -0.960. The minimum absolute atomic E-state index is 0.425. The molecule has 0 spiro atoms. The molecule has 138 valence electrons. The molecule has 0 bridgehead atoms. The van der Waals surface area contributed by atoms with Gasteiger partial charge in [0.1, 0.15) is 0 Å². The van der Waals surface area contributed by atoms with E-state index in [2.05, 4.69) is 6.08 Å². The van der Waals surface area contributed by atoms with Gasteiger partial charge in [0.05, 0.1) is 5.56 Å². The Bertz CT molecular complexity index is 560. The zero-order chi connectivity index (χ0) is 17.9. The minimum Gasteiger partial charge on any atom is -0.166 e. The van der Waals surface area contributed by atoms with Crippen LogP contribution >= 0.6 is 11.6 Å². The van der Waals surface area contributed by atoms with Gasteiger partial charge < -0.3 is 0 Å². The van der Waals surface area contributed by atoms with Crippen LogP contribution in [0.2, 0.25) is 0 Å². The van der Waals surface area contributed by atoms with Crippen LogP contribution < -0.4 is 0 Å². The van der Waals surface area contributed by atoms with Gasteiger partial charge in [0.2, 0.25) is 0 Å². The lowest BCUT2D eigenvalue weighted by molar-refractivity contribution is -0.137. The van der Waals surface area contributed by atoms with Crippen molar-refractivity contribution in [2.24, 2.45) is 17.8 Å². The Balaban J connectivity index is 1.50. The second-order valence-electron chi connectivity index (χ2n) is 7.72. The predicted octanol–water partition coefficient (Wildman–Crippen LogP) is 7.54. The Morgan fingerprint density at radius 2 is 1.32 bits per heavy atom. The molecule has 0 radical (unpaired) electrons. The molecule has 2 fully saturated rings. The van der Waals surface area contributed by atoms with Crippen LogP contribution in [0.1, 0.15) is 68.4 Å². The van der Waals surface area contributed by atoms with Crippen molar-refractivity contribution in [1.29, 1.82) is 0 Å². The molecule has 2 aliphatic carbocycles. The molecule has 0 N–H and O–H groups in total. The number of hydrogen-bond acceptors (Lipinski definition) is 0. The third-order valence-corrected chi connectivity index (χ3v) is 6.45. The summed E-state index contributed by atoms with van der Waals surface area (Å²) in [6.07, 6.45) is 7.60. The SMILES string of the molecule is FC(F)(F)c1ccc(C2CCC(C3CCC(/C=C/Cl)CC3)CC2)cc1. The van der Waals surface area contributed by atoms with Crippen molar-refractivity contribution in [3.63, 3.8) is 0 Å². The van der Waals surface area contributed by atoms with Gasteiger partial charge in [0.15, 0.2) is 0 Å². The third-order valence-electron chi connectivity index (χ3n) is 6.31. The standard InChI is InChI=1S/C21H26ClF3/c22-14-13-15-1-3-16(4-2-15)17-5-7-18(8-6-17)19-9-11-20(12-10-19)21(23,24)25/h9-18H,1-8H2/b14-13+. The molecule has 0 amide bonds. The van der Waals surface area contributed by atoms with Gasteiger partial charge in [-0.05, 0) is 92.7 Å². The average Bonchev–Trinajstić information content (AvgIpc) is 2.62. The van der Waals surface area contributed by atoms with E-state index in [1.807, 2.05) is 0 Å². The van der Waals surface area contributed by atoms with Gasteiger partial charge in [-0.2, -0.15) is 13.2 Å². The largest absolute Gasteiger partial charge is 0.416 e. The second-order valence-corrected chi connectivity index (χ2v) is 7.98. The van der Waals surface area contributed by atoms with E-state index in [0.717, 1.165) is 30.2 Å². The van der Waals surface area contributed by atoms with Crippen molar-refractivity contribution >= 4 is 11.6 Å². The summed E-state index contributed by atoms with van der Waals surface area (Å²) in [6.45, 7) is 0. The maximum Gasteiger partial charge on any atom is 0.416 e. The van der Waals surface area contributed by atoms with Crippen LogP contribution in [-0.4, -0.2) is 0 Å². The van der Waals surface area contributed by atoms with E-state index < -0.39 is 11.7 Å². The zero-order valence-electron chi connectivity index (χ0n) is 14.4. The highest BCUT2D eigenvalue weighted by Crippen LogP contribution is 2.44. The molecule has 0 unspecified atom stereocenters. The van der Waals surface area contributed by atoms with Crippen molar-refractivity contribution in [3.8, 4) is 0 Å². The smallest absolute Gasteiger partial charge is 0.166 e. The first-order chi connectivity index (χ1) is 12.0. The van der Waals surface area contributed by atoms with Crippen LogP contribution in [0.4, 0.5) is 13.2 Å². The molecule has 0 aliphatic heterocycles. The van der Waals surface area contributed by atoms with Crippen molar-refractivity contribution in [1.82, 2.24) is 0 Å². The highest BCUT2D eigenvalue weighted by Gasteiger charge is 2.32. The predicted molar refractivity (Wildman–Crippen MR) is 96.6 cm³/mol. The van der Waals surface area contributed by atoms with Crippen molar-refractivity contribution in [2.75, 3.05) is 0 Å². The van der Waals surface area contributed by atoms with Crippen LogP contribution in [0.5, 0.6) is 0 Å². The Kier molecular flexibility index (Phi) is 6.14. The molecule has 0 nitrogen and oxygen atoms in total. The van der Waals surface area contributed by atoms with Crippen LogP contribution in [0.25, 0.3) is 0 Å². The molecule has 0 heterocycles. The lowest BCUT2D eigenvalue weighted by Gasteiger charge is -2.37. The fourth-order valence-electron chi connectivity index (χ4n) is 4.78. The van der Waals surface area contributed by atoms with E-state index in [1.54, 1.807) is 17.7 Å². The molecule has 0 saturated heterocycles. The summed E-state index contributed by atoms with van der Waals surface area (Å²) in [4.78, 5) is 0. The molecular formula is C21H26ClF3. The van der Waals surface area contributed by atoms with E-state index in [1.165, 1.54) is 50.7 Å². The second kappa shape index (κ2) is 8.16. The van der Waals surface area contributed by atoms with E-state index in [4.69, 9.17) is 11.6 Å². The third kappa shape index (κ3) is 4.81. The summed E-state index contributed by atoms with van der Waals surface area (Å²) < 4.78 is 38.1. The zero-order valence-corrected chi connectivity index (χ0v) is 15.2. The number of hydrogen-bond donors (Lipinski definition) is 0. The number of halogens is 4. The minimum atomic E-state index is -4.24. The van der Waals surface area contributed by atoms with Gasteiger partial charge in [-0.15, -0.1) is 0 Å². The van der Waals surface area contributed by atoms with E-state index in [-0.39, 0.29) is 0 Å². The van der Waals surface area contributed by atoms with Crippen molar-refractivity contribution in [3.05, 3.63) is 47.0 Å². The number of alkyl halides is 3. The molecular weight excluding hydrogens is 345 g/mol. The number of benzene rings is 1. The summed E-state index contributed by atoms with van der Waals surface area (Å²) in [7, 11) is 0. The number of allylic oxidation sites excluding steroid dienone is 1. The molecule has 2 aliphatic rings. The summed E-state index contributed by atoms with van der Waals surface area (Å²) >= 11 is 5.69. The Labute approximate surface area is 153 Å². The lowest BCUT2D eigenvalue weighted by Crippen LogP contribution is -2.25. The highest BCUT2D eigenvalue weighted by atomic mass is 35.5. The molecule has 3 rings (SSSR count). The van der Waals surface area contributed by atoms with Gasteiger partial charge in [-0.3, -0.25) is 0 Å². The Morgan fingerprint density at radius 3 is 1.80 bits per heavy atom. The fraction of sp³-hybridized carbons (Fsp3) is 0.619. The molecule has 1 aromatic rings. The molecule has 1 aromatic carbocycles. The topological polar surface area (TPSA) is 0 Å². The first-order valence-electron chi connectivity index (χ1n) is 9.41. The van der Waals surface area contributed by atoms with E-state index in [9.17, 15) is 13.2 Å². The lowest BCUT2D eigenvalue weighted by atomic mass is 9.68. The number of rotatable bonds is 3.